The van der Waals surface area contributed by atoms with E-state index in [9.17, 15) is 13.2 Å². The van der Waals surface area contributed by atoms with Gasteiger partial charge in [-0.1, -0.05) is 6.07 Å². The van der Waals surface area contributed by atoms with Gasteiger partial charge < -0.3 is 14.8 Å². The number of carbonyl (C=O) groups is 1. The van der Waals surface area contributed by atoms with Crippen LogP contribution < -0.4 is 10.1 Å². The molecule has 8 heteroatoms. The standard InChI is InChI=1S/C20H25NO5S2/c1-14(21-19(22)26-20(2,3)4)27-16-9-11-17(12-10-16)28(23,24)18-8-6-7-15(13-18)25-5/h6-14H,1-5H3,(H,21,22)/t14-/m1/s1. The van der Waals surface area contributed by atoms with Crippen LogP contribution in [0.1, 0.15) is 27.7 Å². The number of carbonyl (C=O) groups excluding carboxylic acids is 1. The second-order valence-electron chi connectivity index (χ2n) is 7.06. The third-order valence-electron chi connectivity index (χ3n) is 3.52. The number of hydrogen-bond acceptors (Lipinski definition) is 6. The van der Waals surface area contributed by atoms with Gasteiger partial charge in [-0.25, -0.2) is 13.2 Å². The molecule has 6 nitrogen and oxygen atoms in total. The van der Waals surface area contributed by atoms with Gasteiger partial charge >= 0.3 is 6.09 Å². The van der Waals surface area contributed by atoms with E-state index in [1.807, 2.05) is 6.92 Å². The van der Waals surface area contributed by atoms with Gasteiger partial charge in [0.15, 0.2) is 0 Å². The van der Waals surface area contributed by atoms with Gasteiger partial charge in [-0.15, -0.1) is 11.8 Å². The highest BCUT2D eigenvalue weighted by atomic mass is 32.2. The number of rotatable bonds is 6. The summed E-state index contributed by atoms with van der Waals surface area (Å²) < 4.78 is 35.9. The largest absolute Gasteiger partial charge is 0.497 e. The van der Waals surface area contributed by atoms with Gasteiger partial charge in [0.1, 0.15) is 11.4 Å². The van der Waals surface area contributed by atoms with E-state index in [0.717, 1.165) is 4.90 Å². The first-order valence-corrected chi connectivity index (χ1v) is 11.0. The number of nitrogens with one attached hydrogen (secondary N) is 1. The van der Waals surface area contributed by atoms with Crippen molar-refractivity contribution in [3.63, 3.8) is 0 Å². The number of ether oxygens (including phenoxy) is 2. The topological polar surface area (TPSA) is 81.7 Å². The van der Waals surface area contributed by atoms with Crippen LogP contribution in [0.5, 0.6) is 5.75 Å². The van der Waals surface area contributed by atoms with Crippen LogP contribution >= 0.6 is 11.8 Å². The third-order valence-corrected chi connectivity index (χ3v) is 6.30. The van der Waals surface area contributed by atoms with Gasteiger partial charge in [0, 0.05) is 4.90 Å². The Kier molecular flexibility index (Phi) is 7.01. The molecule has 0 aliphatic carbocycles. The summed E-state index contributed by atoms with van der Waals surface area (Å²) in [6, 6.07) is 12.9. The van der Waals surface area contributed by atoms with Gasteiger partial charge in [0.25, 0.3) is 0 Å². The molecule has 0 fully saturated rings. The van der Waals surface area contributed by atoms with E-state index in [1.54, 1.807) is 57.2 Å². The molecule has 1 N–H and O–H groups in total. The molecule has 0 saturated carbocycles. The van der Waals surface area contributed by atoms with Crippen molar-refractivity contribution in [1.82, 2.24) is 5.32 Å². The monoisotopic (exact) mass is 423 g/mol. The average molecular weight is 424 g/mol. The summed E-state index contributed by atoms with van der Waals surface area (Å²) in [6.45, 7) is 7.22. The Labute approximate surface area is 170 Å². The first-order valence-electron chi connectivity index (χ1n) is 8.66. The predicted octanol–water partition coefficient (Wildman–Crippen LogP) is 4.49. The zero-order valence-electron chi connectivity index (χ0n) is 16.6. The molecule has 2 aromatic rings. The first kappa shape index (κ1) is 22.1. The smallest absolute Gasteiger partial charge is 0.408 e. The lowest BCUT2D eigenvalue weighted by atomic mass is 10.2. The lowest BCUT2D eigenvalue weighted by Gasteiger charge is -2.21. The van der Waals surface area contributed by atoms with Crippen molar-refractivity contribution in [1.29, 1.82) is 0 Å². The minimum atomic E-state index is -3.64. The number of methoxy groups -OCH3 is 1. The molecule has 152 valence electrons. The molecule has 0 aliphatic heterocycles. The maximum atomic E-state index is 12.8. The van der Waals surface area contributed by atoms with Crippen molar-refractivity contribution in [2.75, 3.05) is 7.11 Å². The molecule has 1 amide bonds. The van der Waals surface area contributed by atoms with Crippen LogP contribution in [-0.4, -0.2) is 32.6 Å². The van der Waals surface area contributed by atoms with Crippen molar-refractivity contribution in [3.05, 3.63) is 48.5 Å². The molecule has 0 radical (unpaired) electrons. The third kappa shape index (κ3) is 6.17. The van der Waals surface area contributed by atoms with Crippen molar-refractivity contribution < 1.29 is 22.7 Å². The predicted molar refractivity (Wildman–Crippen MR) is 110 cm³/mol. The number of sulfone groups is 1. The summed E-state index contributed by atoms with van der Waals surface area (Å²) in [4.78, 5) is 13.0. The molecular formula is C20H25NO5S2. The van der Waals surface area contributed by atoms with Crippen molar-refractivity contribution in [2.24, 2.45) is 0 Å². The second kappa shape index (κ2) is 8.87. The number of hydrogen-bond donors (Lipinski definition) is 1. The van der Waals surface area contributed by atoms with Crippen LogP contribution in [0.4, 0.5) is 4.79 Å². The summed E-state index contributed by atoms with van der Waals surface area (Å²) in [5.74, 6) is 0.482. The fraction of sp³-hybridized carbons (Fsp3) is 0.350. The Morgan fingerprint density at radius 1 is 1.07 bits per heavy atom. The van der Waals surface area contributed by atoms with Crippen LogP contribution in [-0.2, 0) is 14.6 Å². The molecule has 0 aliphatic rings. The van der Waals surface area contributed by atoms with E-state index < -0.39 is 21.5 Å². The highest BCUT2D eigenvalue weighted by Gasteiger charge is 2.20. The maximum absolute atomic E-state index is 12.8. The molecule has 0 spiro atoms. The van der Waals surface area contributed by atoms with E-state index in [4.69, 9.17) is 9.47 Å². The zero-order chi connectivity index (χ0) is 20.9. The van der Waals surface area contributed by atoms with E-state index in [2.05, 4.69) is 5.32 Å². The van der Waals surface area contributed by atoms with Crippen molar-refractivity contribution >= 4 is 27.7 Å². The highest BCUT2D eigenvalue weighted by molar-refractivity contribution is 7.99. The minimum absolute atomic E-state index is 0.173. The van der Waals surface area contributed by atoms with Crippen LogP contribution in [0.2, 0.25) is 0 Å². The second-order valence-corrected chi connectivity index (χ2v) is 10.4. The SMILES string of the molecule is COc1cccc(S(=O)(=O)c2ccc(S[C@H](C)NC(=O)OC(C)(C)C)cc2)c1. The number of benzene rings is 2. The van der Waals surface area contributed by atoms with Crippen LogP contribution in [0, 0.1) is 0 Å². The van der Waals surface area contributed by atoms with E-state index in [0.29, 0.717) is 5.75 Å². The fourth-order valence-corrected chi connectivity index (χ4v) is 4.46. The molecule has 0 heterocycles. The van der Waals surface area contributed by atoms with Gasteiger partial charge in [0.2, 0.25) is 9.84 Å². The highest BCUT2D eigenvalue weighted by Crippen LogP contribution is 2.27. The minimum Gasteiger partial charge on any atom is -0.497 e. The molecule has 2 aromatic carbocycles. The molecule has 0 bridgehead atoms. The van der Waals surface area contributed by atoms with Gasteiger partial charge in [0.05, 0.1) is 22.3 Å². The van der Waals surface area contributed by atoms with Crippen LogP contribution in [0.15, 0.2) is 63.2 Å². The van der Waals surface area contributed by atoms with Gasteiger partial charge in [-0.3, -0.25) is 0 Å². The number of amides is 1. The molecule has 28 heavy (non-hydrogen) atoms. The normalized spacial score (nSPS) is 12.9. The molecular weight excluding hydrogens is 398 g/mol. The summed E-state index contributed by atoms with van der Waals surface area (Å²) >= 11 is 1.39. The number of thioether (sulfide) groups is 1. The Bertz CT molecular complexity index is 918. The van der Waals surface area contributed by atoms with Gasteiger partial charge in [-0.2, -0.15) is 0 Å². The molecule has 1 atom stereocenters. The Balaban J connectivity index is 2.07. The maximum Gasteiger partial charge on any atom is 0.408 e. The summed E-state index contributed by atoms with van der Waals surface area (Å²) in [5.41, 5.74) is -0.565. The lowest BCUT2D eigenvalue weighted by Crippen LogP contribution is -2.36. The van der Waals surface area contributed by atoms with Crippen LogP contribution in [0.25, 0.3) is 0 Å². The molecule has 0 saturated heterocycles. The molecule has 2 rings (SSSR count). The van der Waals surface area contributed by atoms with Gasteiger partial charge in [-0.05, 0) is 70.2 Å². The summed E-state index contributed by atoms with van der Waals surface area (Å²) in [7, 11) is -2.14. The molecule has 0 unspecified atom stereocenters. The van der Waals surface area contributed by atoms with Crippen molar-refractivity contribution in [2.45, 2.75) is 53.4 Å². The van der Waals surface area contributed by atoms with Crippen LogP contribution in [0.3, 0.4) is 0 Å². The Morgan fingerprint density at radius 2 is 1.71 bits per heavy atom. The average Bonchev–Trinajstić information content (AvgIpc) is 2.60. The lowest BCUT2D eigenvalue weighted by molar-refractivity contribution is 0.0525. The fourth-order valence-electron chi connectivity index (χ4n) is 2.31. The zero-order valence-corrected chi connectivity index (χ0v) is 18.2. The Hall–Kier alpha value is -2.19. The molecule has 0 aromatic heterocycles. The van der Waals surface area contributed by atoms with E-state index in [1.165, 1.54) is 31.0 Å². The number of alkyl carbamates (subject to hydrolysis) is 1. The quantitative estimate of drug-likeness (QED) is 0.544. The summed E-state index contributed by atoms with van der Waals surface area (Å²) in [5, 5.41) is 2.50. The van der Waals surface area contributed by atoms with E-state index >= 15 is 0 Å². The van der Waals surface area contributed by atoms with Crippen molar-refractivity contribution in [3.8, 4) is 5.75 Å². The summed E-state index contributed by atoms with van der Waals surface area (Å²) in [6.07, 6.45) is -0.496. The van der Waals surface area contributed by atoms with E-state index in [-0.39, 0.29) is 15.2 Å². The Morgan fingerprint density at radius 3 is 2.29 bits per heavy atom. The first-order chi connectivity index (χ1) is 13.0.